The summed E-state index contributed by atoms with van der Waals surface area (Å²) in [5.74, 6) is 1.85. The molecule has 0 spiro atoms. The van der Waals surface area contributed by atoms with E-state index >= 15 is 0 Å². The minimum atomic E-state index is -3.84. The Bertz CT molecular complexity index is 4780. The first-order valence-electron chi connectivity index (χ1n) is 38.3. The molecule has 6 aromatic heterocycles. The lowest BCUT2D eigenvalue weighted by Gasteiger charge is -2.28. The van der Waals surface area contributed by atoms with Crippen LogP contribution in [0.1, 0.15) is 214 Å². The molecule has 13 N–H and O–H groups in total. The van der Waals surface area contributed by atoms with Gasteiger partial charge in [0.2, 0.25) is 42.0 Å². The van der Waals surface area contributed by atoms with Gasteiger partial charge in [-0.25, -0.2) is 83.7 Å². The van der Waals surface area contributed by atoms with Crippen LogP contribution >= 0.6 is 49.9 Å². The number of rotatable bonds is 22. The van der Waals surface area contributed by atoms with Crippen molar-refractivity contribution in [2.45, 2.75) is 266 Å². The zero-order chi connectivity index (χ0) is 83.8. The van der Waals surface area contributed by atoms with Gasteiger partial charge in [-0.2, -0.15) is 0 Å². The maximum Gasteiger partial charge on any atom is 0.407 e. The maximum atomic E-state index is 13.5. The molecule has 3 saturated carbocycles. The number of nitrogens with two attached hydrogens (primary N) is 1. The number of aromatic nitrogens is 9. The van der Waals surface area contributed by atoms with E-state index < -0.39 is 46.7 Å². The molecule has 115 heavy (non-hydrogen) atoms. The van der Waals surface area contributed by atoms with Crippen LogP contribution in [0.15, 0.2) is 130 Å². The van der Waals surface area contributed by atoms with Crippen molar-refractivity contribution in [3.8, 4) is 31.3 Å². The third-order valence-corrected chi connectivity index (χ3v) is 27.1. The predicted octanol–water partition coefficient (Wildman–Crippen LogP) is 16.8. The quantitative estimate of drug-likeness (QED) is 0.0221. The van der Waals surface area contributed by atoms with Crippen LogP contribution in [-0.4, -0.2) is 141 Å². The molecule has 0 radical (unpaired) electrons. The summed E-state index contributed by atoms with van der Waals surface area (Å²) in [7, 11) is -11.4. The molecule has 0 bridgehead atoms. The largest absolute Gasteiger partial charge is 0.447 e. The SMILES string of the molecule is Brc1ncc[nH]1.CC(C)OC(=O)NC1CCC(c2ncc(-c3ccc(N)cc3S(=O)(=O)NC(C)(C)C)s2)CC1.CC(C)OC(=O)NC1CCC(c2ncc(-c3ccc(Nc4ncc[nH]4)cc3S(=O)(=O)NC(C)(C)C)s2)CC1.CC(C)OC(=O)NC1CCC(c2ncc(-c3ccc(Nc4ncc[nH]4)cc3S(=O)(=O)NC(C)(C)C)s2)CC1. The van der Waals surface area contributed by atoms with Crippen molar-refractivity contribution in [2.24, 2.45) is 0 Å². The monoisotopic (exact) mass is 1760 g/mol. The summed E-state index contributed by atoms with van der Waals surface area (Å²) < 4.78 is 105. The molecule has 3 aliphatic carbocycles. The molecular weight excluding hydrogens is 1650 g/mol. The van der Waals surface area contributed by atoms with Gasteiger partial charge in [-0.15, -0.1) is 34.0 Å². The molecule has 3 fully saturated rings. The van der Waals surface area contributed by atoms with Gasteiger partial charge in [0, 0.05) is 142 Å². The van der Waals surface area contributed by atoms with E-state index in [1.165, 1.54) is 40.1 Å². The summed E-state index contributed by atoms with van der Waals surface area (Å²) in [5.41, 5.74) is 7.40. The average Bonchev–Trinajstić information content (AvgIpc) is 1.78. The van der Waals surface area contributed by atoms with Crippen molar-refractivity contribution in [3.05, 3.63) is 130 Å². The number of carbonyl (C=O) groups is 3. The normalized spacial score (nSPS) is 18.2. The standard InChI is InChI=1S/2C26H36N6O4S2.C23H34N4O4S2.C3H3BrN2/c2*1-16(2)36-25(33)31-18-8-6-17(7-9-18)23-29-15-21(37-23)20-11-10-19(30-24-27-12-13-28-24)14-22(20)38(34,35)32-26(3,4)5;1-14(2)31-22(28)26-17-9-6-15(7-10-17)21-25-13-19(32-21)18-11-8-16(24)12-20(18)33(29,30)27-23(3,4)5;4-3-5-1-2-6-3/h2*10-18,32H,6-9H2,1-5H3,(H,31,33)(H2,27,28,30);8,11-15,17,27H,6-7,9-10,24H2,1-5H3,(H,26,28);1-2H,(H,5,6). The smallest absolute Gasteiger partial charge is 0.407 e. The zero-order valence-electron chi connectivity index (χ0n) is 67.6. The number of hydrogen-bond acceptors (Lipinski definition) is 24. The molecule has 0 saturated heterocycles. The third kappa shape index (κ3) is 28.2. The van der Waals surface area contributed by atoms with Crippen LogP contribution in [0.5, 0.6) is 0 Å². The third-order valence-electron chi connectivity index (χ3n) is 17.7. The Morgan fingerprint density at radius 2 is 0.730 bits per heavy atom. The number of amides is 3. The van der Waals surface area contributed by atoms with E-state index in [0.29, 0.717) is 45.6 Å². The van der Waals surface area contributed by atoms with E-state index in [-0.39, 0.29) is 87.2 Å². The number of sulfonamides is 3. The van der Waals surface area contributed by atoms with Gasteiger partial charge >= 0.3 is 18.3 Å². The van der Waals surface area contributed by atoms with Crippen LogP contribution < -0.4 is 46.5 Å². The minimum Gasteiger partial charge on any atom is -0.447 e. The highest BCUT2D eigenvalue weighted by molar-refractivity contribution is 9.10. The number of carbonyl (C=O) groups excluding carboxylic acids is 3. The molecule has 0 aliphatic heterocycles. The lowest BCUT2D eigenvalue weighted by Crippen LogP contribution is -2.40. The van der Waals surface area contributed by atoms with Gasteiger partial charge in [-0.1, -0.05) is 18.2 Å². The summed E-state index contributed by atoms with van der Waals surface area (Å²) in [6.45, 7) is 27.3. The highest BCUT2D eigenvalue weighted by Gasteiger charge is 2.34. The van der Waals surface area contributed by atoms with E-state index in [0.717, 1.165) is 111 Å². The number of imidazole rings is 3. The molecule has 9 aromatic rings. The molecular formula is C78H109BrN18O12S6. The van der Waals surface area contributed by atoms with Gasteiger partial charge in [0.05, 0.1) is 62.7 Å². The summed E-state index contributed by atoms with van der Waals surface area (Å²) in [6.07, 6.45) is 24.2. The Labute approximate surface area is 695 Å². The summed E-state index contributed by atoms with van der Waals surface area (Å²) in [4.78, 5) is 73.4. The van der Waals surface area contributed by atoms with Gasteiger partial charge in [0.25, 0.3) is 0 Å². The first-order chi connectivity index (χ1) is 54.0. The van der Waals surface area contributed by atoms with Gasteiger partial charge in [-0.05, 0) is 233 Å². The second-order valence-electron chi connectivity index (χ2n) is 32.4. The highest BCUT2D eigenvalue weighted by atomic mass is 79.9. The van der Waals surface area contributed by atoms with Crippen LogP contribution in [0, 0.1) is 0 Å². The molecule has 30 nitrogen and oxygen atoms in total. The average molecular weight is 1760 g/mol. The molecule has 3 amide bonds. The minimum absolute atomic E-state index is 0.0892. The summed E-state index contributed by atoms with van der Waals surface area (Å²) in [5, 5.41) is 18.0. The first-order valence-corrected chi connectivity index (χ1v) is 46.0. The number of hydrogen-bond donors (Lipinski definition) is 12. The number of nitrogens with zero attached hydrogens (tertiary/aromatic N) is 6. The lowest BCUT2D eigenvalue weighted by atomic mass is 9.86. The first kappa shape index (κ1) is 90.5. The fourth-order valence-electron chi connectivity index (χ4n) is 13.1. The second-order valence-corrected chi connectivity index (χ2v) is 41.3. The van der Waals surface area contributed by atoms with E-state index in [1.807, 2.05) is 95.2 Å². The highest BCUT2D eigenvalue weighted by Crippen LogP contribution is 2.44. The molecule has 12 rings (SSSR count). The molecule has 3 aromatic carbocycles. The molecule has 0 atom stereocenters. The maximum absolute atomic E-state index is 13.5. The predicted molar refractivity (Wildman–Crippen MR) is 457 cm³/mol. The number of nitrogens with one attached hydrogen (secondary N) is 11. The van der Waals surface area contributed by atoms with Crippen LogP contribution in [0.2, 0.25) is 0 Å². The molecule has 626 valence electrons. The topological polar surface area (TPSA) is 428 Å². The van der Waals surface area contributed by atoms with Gasteiger partial charge < -0.3 is 61.5 Å². The van der Waals surface area contributed by atoms with Crippen LogP contribution in [0.4, 0.5) is 43.3 Å². The Morgan fingerprint density at radius 3 is 0.991 bits per heavy atom. The number of aromatic amines is 3. The van der Waals surface area contributed by atoms with Crippen molar-refractivity contribution in [2.75, 3.05) is 16.4 Å². The number of anilines is 5. The fraction of sp³-hybridized carbons (Fsp3) is 0.500. The number of nitrogen functional groups attached to an aromatic ring is 1. The summed E-state index contributed by atoms with van der Waals surface area (Å²) >= 11 is 7.67. The molecule has 0 unspecified atom stereocenters. The Hall–Kier alpha value is -8.40. The number of halogens is 1. The van der Waals surface area contributed by atoms with Gasteiger partial charge in [0.15, 0.2) is 4.73 Å². The van der Waals surface area contributed by atoms with E-state index in [2.05, 4.69) is 102 Å². The van der Waals surface area contributed by atoms with Crippen molar-refractivity contribution < 1.29 is 53.8 Å². The number of thiazole rings is 3. The van der Waals surface area contributed by atoms with E-state index in [1.54, 1.807) is 113 Å². The fourth-order valence-corrected chi connectivity index (χ4v) is 21.9. The molecule has 6 heterocycles. The Balaban J connectivity index is 0.000000190. The Morgan fingerprint density at radius 1 is 0.435 bits per heavy atom. The lowest BCUT2D eigenvalue weighted by molar-refractivity contribution is 0.108. The van der Waals surface area contributed by atoms with Crippen molar-refractivity contribution in [1.82, 2.24) is 75.0 Å². The second kappa shape index (κ2) is 39.7. The van der Waals surface area contributed by atoms with Crippen LogP contribution in [0.25, 0.3) is 31.3 Å². The number of alkyl carbamates (subject to hydrolysis) is 3. The van der Waals surface area contributed by atoms with Crippen LogP contribution in [0.3, 0.4) is 0 Å². The van der Waals surface area contributed by atoms with Crippen LogP contribution in [-0.2, 0) is 44.3 Å². The number of H-pyrrole nitrogens is 3. The molecule has 3 aliphatic rings. The van der Waals surface area contributed by atoms with Crippen molar-refractivity contribution in [3.63, 3.8) is 0 Å². The summed E-state index contributed by atoms with van der Waals surface area (Å²) in [6, 6.07) is 15.8. The number of ether oxygens (including phenoxy) is 3. The van der Waals surface area contributed by atoms with Gasteiger partial charge in [-0.3, -0.25) is 0 Å². The van der Waals surface area contributed by atoms with Crippen molar-refractivity contribution in [1.29, 1.82) is 0 Å². The van der Waals surface area contributed by atoms with E-state index in [9.17, 15) is 39.6 Å². The Kier molecular flexibility index (Phi) is 31.2. The molecule has 37 heteroatoms. The zero-order valence-corrected chi connectivity index (χ0v) is 74.0. The van der Waals surface area contributed by atoms with Crippen molar-refractivity contribution >= 4 is 127 Å². The van der Waals surface area contributed by atoms with Gasteiger partial charge in [0.1, 0.15) is 0 Å². The number of benzene rings is 3. The van der Waals surface area contributed by atoms with E-state index in [4.69, 9.17) is 19.9 Å².